The number of esters is 1. The summed E-state index contributed by atoms with van der Waals surface area (Å²) in [5.41, 5.74) is 1.85. The van der Waals surface area contributed by atoms with Crippen molar-refractivity contribution in [1.29, 1.82) is 0 Å². The van der Waals surface area contributed by atoms with Crippen LogP contribution < -0.4 is 4.74 Å². The predicted molar refractivity (Wildman–Crippen MR) is 114 cm³/mol. The lowest BCUT2D eigenvalue weighted by molar-refractivity contribution is -0.0179. The summed E-state index contributed by atoms with van der Waals surface area (Å²) >= 11 is 0. The Morgan fingerprint density at radius 3 is 2.25 bits per heavy atom. The second-order valence-electron chi connectivity index (χ2n) is 7.44. The van der Waals surface area contributed by atoms with Crippen LogP contribution in [0.3, 0.4) is 0 Å². The van der Waals surface area contributed by atoms with Crippen molar-refractivity contribution < 1.29 is 14.3 Å². The van der Waals surface area contributed by atoms with Gasteiger partial charge in [0, 0.05) is 12.0 Å². The Kier molecular flexibility index (Phi) is 8.34. The first kappa shape index (κ1) is 22.3. The maximum absolute atomic E-state index is 12.7. The molecule has 28 heavy (non-hydrogen) atoms. The third-order valence-corrected chi connectivity index (χ3v) is 5.44. The fraction of sp³-hybridized carbons (Fsp3) is 0.435. The van der Waals surface area contributed by atoms with Gasteiger partial charge in [-0.25, -0.2) is 4.79 Å². The van der Waals surface area contributed by atoms with Crippen molar-refractivity contribution in [2.75, 3.05) is 21.2 Å². The van der Waals surface area contributed by atoms with E-state index in [4.69, 9.17) is 9.47 Å². The van der Waals surface area contributed by atoms with Crippen molar-refractivity contribution in [2.24, 2.45) is 5.92 Å². The second kappa shape index (κ2) is 10.5. The zero-order chi connectivity index (χ0) is 19.2. The van der Waals surface area contributed by atoms with E-state index in [0.717, 1.165) is 25.0 Å². The van der Waals surface area contributed by atoms with Crippen molar-refractivity contribution in [1.82, 2.24) is 4.90 Å². The molecule has 0 heterocycles. The normalized spacial score (nSPS) is 20.1. The van der Waals surface area contributed by atoms with Crippen LogP contribution in [0.15, 0.2) is 54.6 Å². The van der Waals surface area contributed by atoms with E-state index in [1.165, 1.54) is 12.0 Å². The maximum Gasteiger partial charge on any atom is 0.338 e. The van der Waals surface area contributed by atoms with E-state index in [1.54, 1.807) is 31.4 Å². The smallest absolute Gasteiger partial charge is 0.338 e. The van der Waals surface area contributed by atoms with E-state index >= 15 is 0 Å². The molecule has 5 heteroatoms. The Bertz CT molecular complexity index is 733. The first-order valence-electron chi connectivity index (χ1n) is 9.66. The highest BCUT2D eigenvalue weighted by atomic mass is 35.5. The van der Waals surface area contributed by atoms with Gasteiger partial charge in [-0.15, -0.1) is 12.4 Å². The Morgan fingerprint density at radius 2 is 1.64 bits per heavy atom. The molecule has 1 aliphatic carbocycles. The molecular formula is C23H30ClNO3. The Labute approximate surface area is 174 Å². The number of methoxy groups -OCH3 is 1. The van der Waals surface area contributed by atoms with Gasteiger partial charge in [-0.2, -0.15) is 0 Å². The van der Waals surface area contributed by atoms with Gasteiger partial charge in [0.25, 0.3) is 0 Å². The van der Waals surface area contributed by atoms with Gasteiger partial charge in [0.05, 0.1) is 12.7 Å². The van der Waals surface area contributed by atoms with Gasteiger partial charge in [0.1, 0.15) is 11.9 Å². The molecule has 0 radical (unpaired) electrons. The van der Waals surface area contributed by atoms with Crippen molar-refractivity contribution in [2.45, 2.75) is 37.8 Å². The van der Waals surface area contributed by atoms with Crippen molar-refractivity contribution in [3.8, 4) is 5.75 Å². The summed E-state index contributed by atoms with van der Waals surface area (Å²) in [5, 5.41) is 0. The minimum atomic E-state index is -0.250. The van der Waals surface area contributed by atoms with E-state index in [2.05, 4.69) is 43.3 Å². The molecule has 3 atom stereocenters. The van der Waals surface area contributed by atoms with Gasteiger partial charge < -0.3 is 14.4 Å². The molecule has 0 N–H and O–H groups in total. The number of nitrogens with zero attached hydrogens (tertiary/aromatic N) is 1. The third-order valence-electron chi connectivity index (χ3n) is 5.44. The van der Waals surface area contributed by atoms with E-state index in [9.17, 15) is 4.79 Å². The fourth-order valence-corrected chi connectivity index (χ4v) is 4.14. The van der Waals surface area contributed by atoms with Gasteiger partial charge in [-0.05, 0) is 63.2 Å². The third kappa shape index (κ3) is 5.27. The zero-order valence-electron chi connectivity index (χ0n) is 16.8. The van der Waals surface area contributed by atoms with Gasteiger partial charge in [0.15, 0.2) is 0 Å². The van der Waals surface area contributed by atoms with E-state index in [1.807, 2.05) is 6.07 Å². The molecule has 0 spiro atoms. The predicted octanol–water partition coefficient (Wildman–Crippen LogP) is 5.14. The molecule has 0 amide bonds. The molecule has 2 aromatic carbocycles. The Morgan fingerprint density at radius 1 is 1.00 bits per heavy atom. The molecule has 1 aliphatic rings. The number of carbonyl (C=O) groups is 1. The quantitative estimate of drug-likeness (QED) is 0.626. The van der Waals surface area contributed by atoms with Gasteiger partial charge >= 0.3 is 5.97 Å². The van der Waals surface area contributed by atoms with Gasteiger partial charge in [-0.3, -0.25) is 0 Å². The summed E-state index contributed by atoms with van der Waals surface area (Å²) in [7, 11) is 5.83. The molecular weight excluding hydrogens is 374 g/mol. The van der Waals surface area contributed by atoms with Crippen molar-refractivity contribution >= 4 is 18.4 Å². The minimum Gasteiger partial charge on any atom is -0.497 e. The summed E-state index contributed by atoms with van der Waals surface area (Å²) in [4.78, 5) is 15.0. The molecule has 3 unspecified atom stereocenters. The van der Waals surface area contributed by atoms with Crippen molar-refractivity contribution in [3.05, 3.63) is 65.7 Å². The van der Waals surface area contributed by atoms with Gasteiger partial charge in [0.2, 0.25) is 0 Å². The Balaban J connectivity index is 0.00000280. The fourth-order valence-electron chi connectivity index (χ4n) is 4.14. The standard InChI is InChI=1S/C23H29NO3.ClH/c1-24(2)22(17-9-5-4-6-10-17)20-11-7-8-12-21(20)27-23(25)18-13-15-19(26-3)16-14-18;/h4-6,9-10,13-16,20-22H,7-8,11-12H2,1-3H3;1H. The highest BCUT2D eigenvalue weighted by molar-refractivity contribution is 5.89. The molecule has 0 aromatic heterocycles. The summed E-state index contributed by atoms with van der Waals surface area (Å²) < 4.78 is 11.2. The van der Waals surface area contributed by atoms with Gasteiger partial charge in [-0.1, -0.05) is 36.8 Å². The first-order chi connectivity index (χ1) is 13.1. The van der Waals surface area contributed by atoms with Crippen LogP contribution in [0.2, 0.25) is 0 Å². The largest absolute Gasteiger partial charge is 0.497 e. The minimum absolute atomic E-state index is 0. The number of halogens is 1. The molecule has 152 valence electrons. The van der Waals surface area contributed by atoms with Crippen LogP contribution in [0.5, 0.6) is 5.75 Å². The highest BCUT2D eigenvalue weighted by Gasteiger charge is 2.36. The summed E-state index contributed by atoms with van der Waals surface area (Å²) in [6.45, 7) is 0. The number of rotatable bonds is 6. The average Bonchev–Trinajstić information content (AvgIpc) is 2.70. The number of ether oxygens (including phenoxy) is 2. The van der Waals surface area contributed by atoms with Crippen LogP contribution in [0.4, 0.5) is 0 Å². The lowest BCUT2D eigenvalue weighted by Gasteiger charge is -2.40. The monoisotopic (exact) mass is 403 g/mol. The van der Waals surface area contributed by atoms with E-state index in [0.29, 0.717) is 11.5 Å². The topological polar surface area (TPSA) is 38.8 Å². The molecule has 4 nitrogen and oxygen atoms in total. The first-order valence-corrected chi connectivity index (χ1v) is 9.66. The SMILES string of the molecule is COc1ccc(C(=O)OC2CCCCC2C(c2ccccc2)N(C)C)cc1.Cl. The van der Waals surface area contributed by atoms with Crippen LogP contribution in [0.1, 0.15) is 47.6 Å². The van der Waals surface area contributed by atoms with Crippen LogP contribution in [-0.4, -0.2) is 38.2 Å². The molecule has 1 fully saturated rings. The number of benzene rings is 2. The molecule has 0 saturated heterocycles. The molecule has 2 aromatic rings. The number of carbonyl (C=O) groups excluding carboxylic acids is 1. The van der Waals surface area contributed by atoms with Crippen LogP contribution in [0.25, 0.3) is 0 Å². The van der Waals surface area contributed by atoms with E-state index < -0.39 is 0 Å². The lowest BCUT2D eigenvalue weighted by atomic mass is 9.78. The van der Waals surface area contributed by atoms with E-state index in [-0.39, 0.29) is 30.5 Å². The number of hydrogen-bond donors (Lipinski definition) is 0. The average molecular weight is 404 g/mol. The summed E-state index contributed by atoms with van der Waals surface area (Å²) in [5.74, 6) is 0.775. The van der Waals surface area contributed by atoms with Crippen molar-refractivity contribution in [3.63, 3.8) is 0 Å². The summed E-state index contributed by atoms with van der Waals surface area (Å²) in [6.07, 6.45) is 4.20. The molecule has 3 rings (SSSR count). The second-order valence-corrected chi connectivity index (χ2v) is 7.44. The maximum atomic E-state index is 12.7. The van der Waals surface area contributed by atoms with Crippen LogP contribution in [-0.2, 0) is 4.74 Å². The van der Waals surface area contributed by atoms with Crippen LogP contribution >= 0.6 is 12.4 Å². The Hall–Kier alpha value is -2.04. The zero-order valence-corrected chi connectivity index (χ0v) is 17.7. The molecule has 0 aliphatic heterocycles. The summed E-state index contributed by atoms with van der Waals surface area (Å²) in [6, 6.07) is 17.9. The van der Waals surface area contributed by atoms with Crippen LogP contribution in [0, 0.1) is 5.92 Å². The molecule has 0 bridgehead atoms. The lowest BCUT2D eigenvalue weighted by Crippen LogP contribution is -2.39. The highest BCUT2D eigenvalue weighted by Crippen LogP contribution is 2.39. The number of hydrogen-bond acceptors (Lipinski definition) is 4. The molecule has 1 saturated carbocycles.